The molecular weight excluding hydrogens is 426 g/mol. The number of hydrogen-bond donors (Lipinski definition) is 0. The van der Waals surface area contributed by atoms with Gasteiger partial charge in [-0.05, 0) is 49.2 Å². The first-order chi connectivity index (χ1) is 13.2. The molecule has 0 radical (unpaired) electrons. The van der Waals surface area contributed by atoms with Crippen molar-refractivity contribution in [1.82, 2.24) is 19.6 Å². The molecule has 136 valence electrons. The molecule has 5 nitrogen and oxygen atoms in total. The third-order valence-electron chi connectivity index (χ3n) is 5.22. The Labute approximate surface area is 170 Å². The predicted molar refractivity (Wildman–Crippen MR) is 112 cm³/mol. The van der Waals surface area contributed by atoms with Crippen LogP contribution in [0, 0.1) is 0 Å². The number of benzene rings is 1. The number of piperidine rings is 1. The summed E-state index contributed by atoms with van der Waals surface area (Å²) in [6, 6.07) is 14.1. The van der Waals surface area contributed by atoms with Crippen LogP contribution in [0.3, 0.4) is 0 Å². The first-order valence-electron chi connectivity index (χ1n) is 8.99. The summed E-state index contributed by atoms with van der Waals surface area (Å²) < 4.78 is 3.07. The molecule has 1 aromatic carbocycles. The molecule has 0 atom stereocenters. The maximum Gasteiger partial charge on any atom is 0.160 e. The van der Waals surface area contributed by atoms with Crippen LogP contribution in [-0.4, -0.2) is 32.7 Å². The lowest BCUT2D eigenvalue weighted by atomic mass is 9.96. The van der Waals surface area contributed by atoms with Crippen molar-refractivity contribution in [3.8, 4) is 0 Å². The third kappa shape index (κ3) is 3.07. The fraction of sp³-hybridized carbons (Fsp3) is 0.250. The Morgan fingerprint density at radius 3 is 2.74 bits per heavy atom. The Hall–Kier alpha value is -2.18. The highest BCUT2D eigenvalue weighted by Gasteiger charge is 2.25. The lowest BCUT2D eigenvalue weighted by Crippen LogP contribution is -2.34. The van der Waals surface area contributed by atoms with Crippen LogP contribution in [0.2, 0.25) is 5.02 Å². The Bertz CT molecular complexity index is 1130. The van der Waals surface area contributed by atoms with Gasteiger partial charge in [0.1, 0.15) is 11.6 Å². The zero-order valence-corrected chi connectivity index (χ0v) is 16.9. The molecule has 1 fully saturated rings. The monoisotopic (exact) mass is 441 g/mol. The van der Waals surface area contributed by atoms with E-state index in [0.29, 0.717) is 10.9 Å². The summed E-state index contributed by atoms with van der Waals surface area (Å²) in [5.41, 5.74) is 1.76. The number of fused-ring (bicyclic) bond motifs is 2. The largest absolute Gasteiger partial charge is 0.357 e. The van der Waals surface area contributed by atoms with Crippen LogP contribution in [0.15, 0.2) is 53.1 Å². The van der Waals surface area contributed by atoms with Crippen LogP contribution in [0.1, 0.15) is 24.6 Å². The molecule has 0 aliphatic carbocycles. The Morgan fingerprint density at radius 1 is 1.04 bits per heavy atom. The minimum Gasteiger partial charge on any atom is -0.357 e. The number of pyridine rings is 2. The minimum atomic E-state index is 0.415. The van der Waals surface area contributed by atoms with E-state index in [-0.39, 0.29) is 0 Å². The fourth-order valence-electron chi connectivity index (χ4n) is 3.83. The average molecular weight is 443 g/mol. The highest BCUT2D eigenvalue weighted by Crippen LogP contribution is 2.32. The van der Waals surface area contributed by atoms with Crippen molar-refractivity contribution in [3.63, 3.8) is 0 Å². The number of aromatic nitrogens is 4. The van der Waals surface area contributed by atoms with Gasteiger partial charge >= 0.3 is 0 Å². The smallest absolute Gasteiger partial charge is 0.160 e. The van der Waals surface area contributed by atoms with E-state index in [2.05, 4.69) is 47.6 Å². The van der Waals surface area contributed by atoms with Gasteiger partial charge in [0, 0.05) is 35.1 Å². The molecule has 0 spiro atoms. The SMILES string of the molecule is Clc1cc(Br)cc2ccc(N3CCC(c4nnc5ccccn45)CC3)nc12. The van der Waals surface area contributed by atoms with E-state index in [0.717, 1.165) is 58.6 Å². The molecule has 7 heteroatoms. The molecular formula is C20H17BrClN5. The second-order valence-electron chi connectivity index (χ2n) is 6.88. The van der Waals surface area contributed by atoms with Crippen LogP contribution in [0.25, 0.3) is 16.6 Å². The number of nitrogens with zero attached hydrogens (tertiary/aromatic N) is 5. The third-order valence-corrected chi connectivity index (χ3v) is 5.97. The van der Waals surface area contributed by atoms with Gasteiger partial charge in [-0.2, -0.15) is 0 Å². The van der Waals surface area contributed by atoms with Crippen molar-refractivity contribution >= 4 is 49.9 Å². The summed E-state index contributed by atoms with van der Waals surface area (Å²) in [6.07, 6.45) is 4.11. The molecule has 0 amide bonds. The molecule has 4 heterocycles. The summed E-state index contributed by atoms with van der Waals surface area (Å²) in [4.78, 5) is 7.15. The molecule has 5 rings (SSSR count). The van der Waals surface area contributed by atoms with Gasteiger partial charge in [-0.15, -0.1) is 10.2 Å². The molecule has 4 aromatic rings. The van der Waals surface area contributed by atoms with Gasteiger partial charge in [-0.1, -0.05) is 33.6 Å². The van der Waals surface area contributed by atoms with E-state index in [1.807, 2.05) is 36.5 Å². The van der Waals surface area contributed by atoms with Gasteiger partial charge in [0.05, 0.1) is 10.5 Å². The van der Waals surface area contributed by atoms with Crippen molar-refractivity contribution < 1.29 is 0 Å². The van der Waals surface area contributed by atoms with Crippen LogP contribution in [-0.2, 0) is 0 Å². The topological polar surface area (TPSA) is 46.3 Å². The summed E-state index contributed by atoms with van der Waals surface area (Å²) in [5, 5.41) is 10.4. The van der Waals surface area contributed by atoms with E-state index in [9.17, 15) is 0 Å². The molecule has 0 unspecified atom stereocenters. The van der Waals surface area contributed by atoms with Gasteiger partial charge in [-0.25, -0.2) is 4.98 Å². The normalized spacial score (nSPS) is 15.7. The lowest BCUT2D eigenvalue weighted by molar-refractivity contribution is 0.480. The summed E-state index contributed by atoms with van der Waals surface area (Å²) in [7, 11) is 0. The minimum absolute atomic E-state index is 0.415. The van der Waals surface area contributed by atoms with Crippen molar-refractivity contribution in [2.24, 2.45) is 0 Å². The van der Waals surface area contributed by atoms with E-state index >= 15 is 0 Å². The van der Waals surface area contributed by atoms with Crippen LogP contribution >= 0.6 is 27.5 Å². The molecule has 3 aromatic heterocycles. The first-order valence-corrected chi connectivity index (χ1v) is 10.2. The Kier molecular flexibility index (Phi) is 4.25. The van der Waals surface area contributed by atoms with Crippen LogP contribution in [0.4, 0.5) is 5.82 Å². The van der Waals surface area contributed by atoms with Crippen LogP contribution in [0.5, 0.6) is 0 Å². The molecule has 1 saturated heterocycles. The second-order valence-corrected chi connectivity index (χ2v) is 8.20. The quantitative estimate of drug-likeness (QED) is 0.434. The van der Waals surface area contributed by atoms with Gasteiger partial charge in [0.15, 0.2) is 5.65 Å². The standard InChI is InChI=1S/C20H17BrClN5/c21-15-11-14-4-5-17(23-19(14)16(22)12-15)26-9-6-13(7-10-26)20-25-24-18-3-1-2-8-27(18)20/h1-5,8,11-13H,6-7,9-10H2. The van der Waals surface area contributed by atoms with E-state index < -0.39 is 0 Å². The number of halogens is 2. The van der Waals surface area contributed by atoms with Crippen molar-refractivity contribution in [2.45, 2.75) is 18.8 Å². The lowest BCUT2D eigenvalue weighted by Gasteiger charge is -2.32. The second kappa shape index (κ2) is 6.77. The van der Waals surface area contributed by atoms with Crippen molar-refractivity contribution in [1.29, 1.82) is 0 Å². The Balaban J connectivity index is 1.38. The van der Waals surface area contributed by atoms with Gasteiger partial charge in [0.25, 0.3) is 0 Å². The molecule has 0 N–H and O–H groups in total. The summed E-state index contributed by atoms with van der Waals surface area (Å²) in [6.45, 7) is 1.89. The van der Waals surface area contributed by atoms with Crippen LogP contribution < -0.4 is 4.90 Å². The summed E-state index contributed by atoms with van der Waals surface area (Å²) >= 11 is 9.88. The zero-order valence-electron chi connectivity index (χ0n) is 14.5. The molecule has 0 saturated carbocycles. The molecule has 27 heavy (non-hydrogen) atoms. The average Bonchev–Trinajstić information content (AvgIpc) is 3.12. The maximum absolute atomic E-state index is 6.39. The van der Waals surface area contributed by atoms with E-state index in [1.54, 1.807) is 0 Å². The van der Waals surface area contributed by atoms with Crippen molar-refractivity contribution in [3.05, 3.63) is 64.0 Å². The number of anilines is 1. The summed E-state index contributed by atoms with van der Waals surface area (Å²) in [5.74, 6) is 2.46. The number of rotatable bonds is 2. The van der Waals surface area contributed by atoms with E-state index in [1.165, 1.54) is 0 Å². The molecule has 0 bridgehead atoms. The van der Waals surface area contributed by atoms with Crippen molar-refractivity contribution in [2.75, 3.05) is 18.0 Å². The van der Waals surface area contributed by atoms with Gasteiger partial charge in [-0.3, -0.25) is 4.40 Å². The first kappa shape index (κ1) is 17.0. The predicted octanol–water partition coefficient (Wildman–Crippen LogP) is 5.08. The highest BCUT2D eigenvalue weighted by molar-refractivity contribution is 9.10. The molecule has 1 aliphatic rings. The highest BCUT2D eigenvalue weighted by atomic mass is 79.9. The van der Waals surface area contributed by atoms with Gasteiger partial charge in [0.2, 0.25) is 0 Å². The molecule has 1 aliphatic heterocycles. The zero-order chi connectivity index (χ0) is 18.4. The van der Waals surface area contributed by atoms with E-state index in [4.69, 9.17) is 16.6 Å². The number of hydrogen-bond acceptors (Lipinski definition) is 4. The fourth-order valence-corrected chi connectivity index (χ4v) is 4.70. The Morgan fingerprint density at radius 2 is 1.89 bits per heavy atom. The van der Waals surface area contributed by atoms with Gasteiger partial charge < -0.3 is 4.90 Å². The maximum atomic E-state index is 6.39.